The molecule has 0 aliphatic heterocycles. The van der Waals surface area contributed by atoms with Gasteiger partial charge < -0.3 is 14.5 Å². The summed E-state index contributed by atoms with van der Waals surface area (Å²) < 4.78 is 11.5. The molecule has 0 aromatic carbocycles. The molecule has 0 radical (unpaired) electrons. The lowest BCUT2D eigenvalue weighted by atomic mass is 10.2. The maximum atomic E-state index is 5.81. The van der Waals surface area contributed by atoms with Gasteiger partial charge in [0, 0.05) is 6.61 Å². The second-order valence-electron chi connectivity index (χ2n) is 5.80. The van der Waals surface area contributed by atoms with Gasteiger partial charge >= 0.3 is 0 Å². The van der Waals surface area contributed by atoms with Gasteiger partial charge in [0.05, 0.1) is 6.54 Å². The molecule has 2 rings (SSSR count). The van der Waals surface area contributed by atoms with Crippen molar-refractivity contribution < 1.29 is 9.15 Å². The predicted molar refractivity (Wildman–Crippen MR) is 72.4 cm³/mol. The van der Waals surface area contributed by atoms with Crippen molar-refractivity contribution in [2.24, 2.45) is 11.8 Å². The first-order chi connectivity index (χ1) is 8.65. The summed E-state index contributed by atoms with van der Waals surface area (Å²) in [5.74, 6) is 3.48. The molecule has 1 aliphatic carbocycles. The molecule has 0 saturated heterocycles. The Morgan fingerprint density at radius 3 is 2.89 bits per heavy atom. The third-order valence-electron chi connectivity index (χ3n) is 3.20. The van der Waals surface area contributed by atoms with Gasteiger partial charge in [-0.1, -0.05) is 13.8 Å². The number of hydrogen-bond donors (Lipinski definition) is 1. The monoisotopic (exact) mass is 251 g/mol. The van der Waals surface area contributed by atoms with Crippen LogP contribution in [-0.4, -0.2) is 13.2 Å². The van der Waals surface area contributed by atoms with E-state index in [0.717, 1.165) is 37.1 Å². The quantitative estimate of drug-likeness (QED) is 0.770. The molecular formula is C15H25NO2. The molecule has 0 bridgehead atoms. The third-order valence-corrected chi connectivity index (χ3v) is 3.20. The zero-order valence-electron chi connectivity index (χ0n) is 11.8. The number of nitrogens with one attached hydrogen (secondary N) is 1. The highest BCUT2D eigenvalue weighted by molar-refractivity contribution is 5.19. The highest BCUT2D eigenvalue weighted by atomic mass is 16.5. The molecule has 3 heteroatoms. The zero-order chi connectivity index (χ0) is 13.0. The average Bonchev–Trinajstić information content (AvgIpc) is 3.04. The van der Waals surface area contributed by atoms with Gasteiger partial charge in [-0.3, -0.25) is 0 Å². The Hall–Kier alpha value is -0.800. The first-order valence-corrected chi connectivity index (χ1v) is 7.01. The van der Waals surface area contributed by atoms with E-state index in [9.17, 15) is 0 Å². The highest BCUT2D eigenvalue weighted by Crippen LogP contribution is 2.29. The Morgan fingerprint density at radius 1 is 1.44 bits per heavy atom. The molecule has 1 heterocycles. The third kappa shape index (κ3) is 4.46. The van der Waals surface area contributed by atoms with Gasteiger partial charge in [0.15, 0.2) is 0 Å². The predicted octanol–water partition coefficient (Wildman–Crippen LogP) is 3.26. The van der Waals surface area contributed by atoms with Gasteiger partial charge in [0.1, 0.15) is 18.1 Å². The van der Waals surface area contributed by atoms with Gasteiger partial charge in [0.2, 0.25) is 0 Å². The zero-order valence-corrected chi connectivity index (χ0v) is 11.8. The molecule has 3 nitrogen and oxygen atoms in total. The first-order valence-electron chi connectivity index (χ1n) is 7.01. The summed E-state index contributed by atoms with van der Waals surface area (Å²) in [7, 11) is 0. The molecule has 1 aliphatic rings. The Bertz CT molecular complexity index is 367. The molecule has 0 atom stereocenters. The Balaban J connectivity index is 1.74. The largest absolute Gasteiger partial charge is 0.462 e. The maximum Gasteiger partial charge on any atom is 0.130 e. The summed E-state index contributed by atoms with van der Waals surface area (Å²) in [5.41, 5.74) is 1.22. The van der Waals surface area contributed by atoms with Crippen molar-refractivity contribution in [3.8, 4) is 0 Å². The molecule has 0 spiro atoms. The fraction of sp³-hybridized carbons (Fsp3) is 0.733. The van der Waals surface area contributed by atoms with Crippen LogP contribution in [0.1, 0.15) is 43.8 Å². The van der Waals surface area contributed by atoms with Crippen LogP contribution in [0.3, 0.4) is 0 Å². The normalized spacial score (nSPS) is 15.6. The standard InChI is InChI=1S/C15H25NO2/c1-11(2)7-16-8-15-12(3)6-14(18-15)10-17-9-13-4-5-13/h6,11,13,16H,4-5,7-10H2,1-3H3. The highest BCUT2D eigenvalue weighted by Gasteiger charge is 2.21. The van der Waals surface area contributed by atoms with Crippen LogP contribution in [0, 0.1) is 18.8 Å². The molecule has 18 heavy (non-hydrogen) atoms. The van der Waals surface area contributed by atoms with Crippen molar-refractivity contribution in [3.05, 3.63) is 23.2 Å². The van der Waals surface area contributed by atoms with Crippen molar-refractivity contribution in [2.45, 2.75) is 46.8 Å². The van der Waals surface area contributed by atoms with Crippen LogP contribution in [0.25, 0.3) is 0 Å². The van der Waals surface area contributed by atoms with Crippen molar-refractivity contribution >= 4 is 0 Å². The van der Waals surface area contributed by atoms with Crippen LogP contribution in [0.15, 0.2) is 10.5 Å². The lowest BCUT2D eigenvalue weighted by molar-refractivity contribution is 0.0963. The van der Waals surface area contributed by atoms with Gasteiger partial charge in [-0.15, -0.1) is 0 Å². The van der Waals surface area contributed by atoms with Crippen molar-refractivity contribution in [2.75, 3.05) is 13.2 Å². The van der Waals surface area contributed by atoms with Crippen LogP contribution in [-0.2, 0) is 17.9 Å². The van der Waals surface area contributed by atoms with Crippen LogP contribution >= 0.6 is 0 Å². The molecule has 1 aromatic rings. The van der Waals surface area contributed by atoms with Crippen LogP contribution in [0.4, 0.5) is 0 Å². The van der Waals surface area contributed by atoms with Crippen molar-refractivity contribution in [1.29, 1.82) is 0 Å². The van der Waals surface area contributed by atoms with Gasteiger partial charge in [0.25, 0.3) is 0 Å². The second-order valence-corrected chi connectivity index (χ2v) is 5.80. The summed E-state index contributed by atoms with van der Waals surface area (Å²) in [6.07, 6.45) is 2.67. The van der Waals surface area contributed by atoms with E-state index in [1.165, 1.54) is 18.4 Å². The van der Waals surface area contributed by atoms with Gasteiger partial charge in [-0.2, -0.15) is 0 Å². The smallest absolute Gasteiger partial charge is 0.130 e. The Kier molecular flexibility index (Phi) is 4.84. The molecule has 102 valence electrons. The molecule has 1 aromatic heterocycles. The SMILES string of the molecule is Cc1cc(COCC2CC2)oc1CNCC(C)C. The summed E-state index contributed by atoms with van der Waals surface area (Å²) in [6, 6.07) is 2.10. The number of hydrogen-bond acceptors (Lipinski definition) is 3. The van der Waals surface area contributed by atoms with E-state index >= 15 is 0 Å². The lowest BCUT2D eigenvalue weighted by Gasteiger charge is -2.06. The number of ether oxygens (including phenoxy) is 1. The van der Waals surface area contributed by atoms with Crippen molar-refractivity contribution in [1.82, 2.24) is 5.32 Å². The van der Waals surface area contributed by atoms with Gasteiger partial charge in [-0.05, 0) is 49.8 Å². The van der Waals surface area contributed by atoms with Gasteiger partial charge in [-0.25, -0.2) is 0 Å². The first kappa shape index (κ1) is 13.6. The molecule has 1 fully saturated rings. The molecule has 0 amide bonds. The summed E-state index contributed by atoms with van der Waals surface area (Å²) in [6.45, 7) is 9.85. The number of rotatable bonds is 8. The molecule has 0 unspecified atom stereocenters. The Morgan fingerprint density at radius 2 is 2.22 bits per heavy atom. The minimum Gasteiger partial charge on any atom is -0.462 e. The maximum absolute atomic E-state index is 5.81. The second kappa shape index (κ2) is 6.39. The van der Waals surface area contributed by atoms with E-state index in [4.69, 9.17) is 9.15 Å². The van der Waals surface area contributed by atoms with E-state index in [1.807, 2.05) is 0 Å². The number of furan rings is 1. The van der Waals surface area contributed by atoms with E-state index < -0.39 is 0 Å². The molecule has 1 saturated carbocycles. The molecule has 1 N–H and O–H groups in total. The van der Waals surface area contributed by atoms with E-state index in [1.54, 1.807) is 0 Å². The topological polar surface area (TPSA) is 34.4 Å². The molecular weight excluding hydrogens is 226 g/mol. The van der Waals surface area contributed by atoms with Crippen LogP contribution in [0.5, 0.6) is 0 Å². The minimum absolute atomic E-state index is 0.613. The average molecular weight is 251 g/mol. The number of aryl methyl sites for hydroxylation is 1. The van der Waals surface area contributed by atoms with E-state index in [0.29, 0.717) is 12.5 Å². The minimum atomic E-state index is 0.613. The summed E-state index contributed by atoms with van der Waals surface area (Å²) in [4.78, 5) is 0. The lowest BCUT2D eigenvalue weighted by Crippen LogP contribution is -2.18. The van der Waals surface area contributed by atoms with Crippen LogP contribution in [0.2, 0.25) is 0 Å². The van der Waals surface area contributed by atoms with E-state index in [2.05, 4.69) is 32.2 Å². The fourth-order valence-corrected chi connectivity index (χ4v) is 1.92. The van der Waals surface area contributed by atoms with E-state index in [-0.39, 0.29) is 0 Å². The van der Waals surface area contributed by atoms with Crippen LogP contribution < -0.4 is 5.32 Å². The summed E-state index contributed by atoms with van der Waals surface area (Å²) in [5, 5.41) is 3.41. The fourth-order valence-electron chi connectivity index (χ4n) is 1.92. The summed E-state index contributed by atoms with van der Waals surface area (Å²) >= 11 is 0. The van der Waals surface area contributed by atoms with Crippen molar-refractivity contribution in [3.63, 3.8) is 0 Å². The Labute approximate surface area is 110 Å².